The van der Waals surface area contributed by atoms with Crippen LogP contribution in [0.2, 0.25) is 0 Å². The van der Waals surface area contributed by atoms with Gasteiger partial charge in [0.2, 0.25) is 0 Å². The highest BCUT2D eigenvalue weighted by Crippen LogP contribution is 2.24. The number of pyridine rings is 1. The first-order valence-electron chi connectivity index (χ1n) is 7.47. The molecule has 0 bridgehead atoms. The minimum absolute atomic E-state index is 0.129. The van der Waals surface area contributed by atoms with E-state index in [4.69, 9.17) is 0 Å². The molecule has 0 radical (unpaired) electrons. The molecule has 1 unspecified atom stereocenters. The molecule has 2 rings (SSSR count). The van der Waals surface area contributed by atoms with E-state index in [1.165, 1.54) is 12.0 Å². The van der Waals surface area contributed by atoms with Crippen LogP contribution in [-0.2, 0) is 6.54 Å². The zero-order valence-corrected chi connectivity index (χ0v) is 13.5. The monoisotopic (exact) mass is 276 g/mol. The van der Waals surface area contributed by atoms with Gasteiger partial charge in [0.05, 0.1) is 0 Å². The van der Waals surface area contributed by atoms with Crippen LogP contribution in [0, 0.1) is 0 Å². The Bertz CT molecular complexity index is 436. The largest absolute Gasteiger partial charge is 0.355 e. The molecule has 1 aliphatic rings. The molecule has 20 heavy (non-hydrogen) atoms. The van der Waals surface area contributed by atoms with Gasteiger partial charge in [-0.3, -0.25) is 0 Å². The lowest BCUT2D eigenvalue weighted by molar-refractivity contribution is 0.315. The zero-order chi connectivity index (χ0) is 14.8. The van der Waals surface area contributed by atoms with Gasteiger partial charge in [0.1, 0.15) is 5.82 Å². The highest BCUT2D eigenvalue weighted by Gasteiger charge is 2.26. The fourth-order valence-electron chi connectivity index (χ4n) is 2.57. The first-order valence-corrected chi connectivity index (χ1v) is 7.47. The van der Waals surface area contributed by atoms with Crippen LogP contribution in [0.5, 0.6) is 0 Å². The minimum atomic E-state index is 0.129. The summed E-state index contributed by atoms with van der Waals surface area (Å²) >= 11 is 0. The molecule has 1 aromatic heterocycles. The Morgan fingerprint density at radius 2 is 2.15 bits per heavy atom. The molecular formula is C16H28N4. The molecule has 0 saturated carbocycles. The molecule has 1 atom stereocenters. The van der Waals surface area contributed by atoms with Gasteiger partial charge >= 0.3 is 0 Å². The van der Waals surface area contributed by atoms with Crippen molar-refractivity contribution in [3.05, 3.63) is 23.9 Å². The van der Waals surface area contributed by atoms with Crippen molar-refractivity contribution in [1.82, 2.24) is 15.2 Å². The van der Waals surface area contributed by atoms with Crippen LogP contribution in [-0.4, -0.2) is 48.6 Å². The molecular weight excluding hydrogens is 248 g/mol. The van der Waals surface area contributed by atoms with Gasteiger partial charge in [-0.15, -0.1) is 0 Å². The van der Waals surface area contributed by atoms with E-state index in [-0.39, 0.29) is 5.54 Å². The highest BCUT2D eigenvalue weighted by molar-refractivity contribution is 5.48. The third-order valence-corrected chi connectivity index (χ3v) is 3.87. The standard InChI is InChI=1S/C16H28N4/c1-16(2,3)18-11-13-7-6-9-17-15(13)20-10-8-14(12-20)19(4)5/h6-7,9,14,18H,8,10-12H2,1-5H3. The third kappa shape index (κ3) is 3.93. The van der Waals surface area contributed by atoms with E-state index in [0.717, 1.165) is 25.5 Å². The van der Waals surface area contributed by atoms with Gasteiger partial charge in [0.15, 0.2) is 0 Å². The number of hydrogen-bond acceptors (Lipinski definition) is 4. The van der Waals surface area contributed by atoms with Crippen LogP contribution >= 0.6 is 0 Å². The highest BCUT2D eigenvalue weighted by atomic mass is 15.3. The van der Waals surface area contributed by atoms with Crippen LogP contribution < -0.4 is 10.2 Å². The van der Waals surface area contributed by atoms with E-state index >= 15 is 0 Å². The topological polar surface area (TPSA) is 31.4 Å². The summed E-state index contributed by atoms with van der Waals surface area (Å²) in [6.07, 6.45) is 3.12. The van der Waals surface area contributed by atoms with Crippen LogP contribution in [0.1, 0.15) is 32.8 Å². The number of nitrogens with zero attached hydrogens (tertiary/aromatic N) is 3. The van der Waals surface area contributed by atoms with E-state index in [1.807, 2.05) is 12.3 Å². The smallest absolute Gasteiger partial charge is 0.133 e. The molecule has 4 heteroatoms. The average molecular weight is 276 g/mol. The third-order valence-electron chi connectivity index (χ3n) is 3.87. The normalized spacial score (nSPS) is 19.9. The summed E-state index contributed by atoms with van der Waals surface area (Å²) in [7, 11) is 4.32. The van der Waals surface area contributed by atoms with Crippen LogP contribution in [0.25, 0.3) is 0 Å². The molecule has 1 aromatic rings. The summed E-state index contributed by atoms with van der Waals surface area (Å²) < 4.78 is 0. The maximum absolute atomic E-state index is 4.62. The van der Waals surface area contributed by atoms with Crippen molar-refractivity contribution in [3.63, 3.8) is 0 Å². The first kappa shape index (κ1) is 15.3. The number of hydrogen-bond donors (Lipinski definition) is 1. The van der Waals surface area contributed by atoms with Gasteiger partial charge in [-0.2, -0.15) is 0 Å². The lowest BCUT2D eigenvalue weighted by Gasteiger charge is -2.25. The summed E-state index contributed by atoms with van der Waals surface area (Å²) in [4.78, 5) is 9.36. The molecule has 0 amide bonds. The number of anilines is 1. The Labute approximate surface area is 123 Å². The van der Waals surface area contributed by atoms with E-state index in [9.17, 15) is 0 Å². The van der Waals surface area contributed by atoms with Crippen molar-refractivity contribution >= 4 is 5.82 Å². The number of rotatable bonds is 4. The molecule has 112 valence electrons. The lowest BCUT2D eigenvalue weighted by atomic mass is 10.1. The summed E-state index contributed by atoms with van der Waals surface area (Å²) in [5, 5.41) is 3.56. The molecule has 1 N–H and O–H groups in total. The lowest BCUT2D eigenvalue weighted by Crippen LogP contribution is -2.36. The second kappa shape index (κ2) is 6.10. The van der Waals surface area contributed by atoms with Crippen molar-refractivity contribution in [3.8, 4) is 0 Å². The SMILES string of the molecule is CN(C)C1CCN(c2ncccc2CNC(C)(C)C)C1. The molecule has 1 aliphatic heterocycles. The molecule has 0 aromatic carbocycles. The fraction of sp³-hybridized carbons (Fsp3) is 0.688. The molecule has 2 heterocycles. The second-order valence-electron chi connectivity index (χ2n) is 6.94. The Morgan fingerprint density at radius 3 is 2.75 bits per heavy atom. The zero-order valence-electron chi connectivity index (χ0n) is 13.5. The molecule has 0 aliphatic carbocycles. The van der Waals surface area contributed by atoms with Crippen molar-refractivity contribution in [1.29, 1.82) is 0 Å². The molecule has 1 saturated heterocycles. The summed E-state index contributed by atoms with van der Waals surface area (Å²) in [5.74, 6) is 1.15. The van der Waals surface area contributed by atoms with Crippen LogP contribution in [0.15, 0.2) is 18.3 Å². The van der Waals surface area contributed by atoms with E-state index in [2.05, 4.69) is 61.0 Å². The van der Waals surface area contributed by atoms with Crippen molar-refractivity contribution in [2.24, 2.45) is 0 Å². The van der Waals surface area contributed by atoms with Crippen molar-refractivity contribution < 1.29 is 0 Å². The quantitative estimate of drug-likeness (QED) is 0.912. The van der Waals surface area contributed by atoms with Crippen LogP contribution in [0.4, 0.5) is 5.82 Å². The maximum Gasteiger partial charge on any atom is 0.133 e. The minimum Gasteiger partial charge on any atom is -0.355 e. The van der Waals surface area contributed by atoms with Gasteiger partial charge in [0, 0.05) is 43.0 Å². The van der Waals surface area contributed by atoms with Gasteiger partial charge in [-0.1, -0.05) is 6.07 Å². The predicted molar refractivity (Wildman–Crippen MR) is 85.1 cm³/mol. The Morgan fingerprint density at radius 1 is 1.40 bits per heavy atom. The van der Waals surface area contributed by atoms with E-state index < -0.39 is 0 Å². The number of nitrogens with one attached hydrogen (secondary N) is 1. The van der Waals surface area contributed by atoms with E-state index in [1.54, 1.807) is 0 Å². The molecule has 1 fully saturated rings. The Hall–Kier alpha value is -1.13. The average Bonchev–Trinajstić information content (AvgIpc) is 2.85. The fourth-order valence-corrected chi connectivity index (χ4v) is 2.57. The summed E-state index contributed by atoms with van der Waals surface area (Å²) in [6.45, 7) is 9.63. The molecule has 0 spiro atoms. The van der Waals surface area contributed by atoms with Gasteiger partial charge < -0.3 is 15.1 Å². The van der Waals surface area contributed by atoms with Gasteiger partial charge in [-0.05, 0) is 47.4 Å². The summed E-state index contributed by atoms with van der Waals surface area (Å²) in [5.41, 5.74) is 1.42. The first-order chi connectivity index (χ1) is 9.37. The maximum atomic E-state index is 4.62. The number of aromatic nitrogens is 1. The van der Waals surface area contributed by atoms with Crippen molar-refractivity contribution in [2.45, 2.75) is 45.3 Å². The van der Waals surface area contributed by atoms with E-state index in [0.29, 0.717) is 6.04 Å². The number of likely N-dealkylation sites (N-methyl/N-ethyl adjacent to an activating group) is 1. The predicted octanol–water partition coefficient (Wildman–Crippen LogP) is 2.11. The Kier molecular flexibility index (Phi) is 4.66. The molecule has 4 nitrogen and oxygen atoms in total. The van der Waals surface area contributed by atoms with Gasteiger partial charge in [-0.25, -0.2) is 4.98 Å². The second-order valence-corrected chi connectivity index (χ2v) is 6.94. The van der Waals surface area contributed by atoms with Crippen molar-refractivity contribution in [2.75, 3.05) is 32.1 Å². The Balaban J connectivity index is 2.08. The van der Waals surface area contributed by atoms with Crippen LogP contribution in [0.3, 0.4) is 0 Å². The van der Waals surface area contributed by atoms with Gasteiger partial charge in [0.25, 0.3) is 0 Å². The summed E-state index contributed by atoms with van der Waals surface area (Å²) in [6, 6.07) is 4.85.